The molecule has 1 aliphatic heterocycles. The zero-order valence-corrected chi connectivity index (χ0v) is 14.7. The van der Waals surface area contributed by atoms with E-state index in [4.69, 9.17) is 0 Å². The maximum Gasteiger partial charge on any atom is 0.225 e. The third kappa shape index (κ3) is 8.00. The van der Waals surface area contributed by atoms with Crippen LogP contribution in [0.25, 0.3) is 0 Å². The maximum absolute atomic E-state index is 11.8. The van der Waals surface area contributed by atoms with Crippen molar-refractivity contribution < 1.29 is 14.4 Å². The van der Waals surface area contributed by atoms with Gasteiger partial charge in [0.2, 0.25) is 17.7 Å². The van der Waals surface area contributed by atoms with Gasteiger partial charge in [-0.25, -0.2) is 0 Å². The van der Waals surface area contributed by atoms with Gasteiger partial charge in [0, 0.05) is 44.4 Å². The predicted molar refractivity (Wildman–Crippen MR) is 89.8 cm³/mol. The number of likely N-dealkylation sites (tertiary alicyclic amines) is 1. The van der Waals surface area contributed by atoms with Gasteiger partial charge in [-0.1, -0.05) is 27.2 Å². The lowest BCUT2D eigenvalue weighted by atomic mass is 9.96. The highest BCUT2D eigenvalue weighted by molar-refractivity contribution is 5.82. The maximum atomic E-state index is 11.8. The number of carbonyl (C=O) groups excluding carboxylic acids is 3. The molecule has 0 bridgehead atoms. The summed E-state index contributed by atoms with van der Waals surface area (Å²) in [6.45, 7) is 7.99. The van der Waals surface area contributed by atoms with Crippen molar-refractivity contribution in [3.8, 4) is 0 Å². The zero-order chi connectivity index (χ0) is 17.3. The minimum Gasteiger partial charge on any atom is -0.356 e. The number of nitrogens with zero attached hydrogens (tertiary/aromatic N) is 1. The second-order valence-corrected chi connectivity index (χ2v) is 7.15. The van der Waals surface area contributed by atoms with Crippen LogP contribution in [0.15, 0.2) is 0 Å². The molecule has 1 fully saturated rings. The van der Waals surface area contributed by atoms with E-state index < -0.39 is 5.41 Å². The number of rotatable bonds is 7. The minimum atomic E-state index is -0.434. The third-order valence-corrected chi connectivity index (χ3v) is 3.92. The fourth-order valence-corrected chi connectivity index (χ4v) is 2.42. The van der Waals surface area contributed by atoms with E-state index in [0.717, 1.165) is 32.2 Å². The van der Waals surface area contributed by atoms with Crippen LogP contribution < -0.4 is 10.6 Å². The summed E-state index contributed by atoms with van der Waals surface area (Å²) in [5, 5.41) is 5.59. The molecule has 3 amide bonds. The van der Waals surface area contributed by atoms with Crippen molar-refractivity contribution in [2.75, 3.05) is 26.2 Å². The van der Waals surface area contributed by atoms with Gasteiger partial charge in [0.05, 0.1) is 0 Å². The Morgan fingerprint density at radius 3 is 2.52 bits per heavy atom. The lowest BCUT2D eigenvalue weighted by molar-refractivity contribution is -0.130. The average molecular weight is 325 g/mol. The number of carbonyl (C=O) groups is 3. The molecular formula is C17H31N3O3. The third-order valence-electron chi connectivity index (χ3n) is 3.92. The molecule has 0 aromatic rings. The zero-order valence-electron chi connectivity index (χ0n) is 14.7. The normalized spacial score (nSPS) is 16.0. The van der Waals surface area contributed by atoms with Gasteiger partial charge in [0.15, 0.2) is 0 Å². The van der Waals surface area contributed by atoms with E-state index in [2.05, 4.69) is 10.6 Å². The Labute approximate surface area is 139 Å². The number of nitrogens with one attached hydrogen (secondary N) is 2. The Morgan fingerprint density at radius 2 is 1.83 bits per heavy atom. The first kappa shape index (κ1) is 19.5. The molecule has 0 saturated carbocycles. The molecule has 1 saturated heterocycles. The molecule has 0 unspecified atom stereocenters. The van der Waals surface area contributed by atoms with Gasteiger partial charge in [-0.2, -0.15) is 0 Å². The highest BCUT2D eigenvalue weighted by Gasteiger charge is 2.20. The van der Waals surface area contributed by atoms with Crippen molar-refractivity contribution in [1.29, 1.82) is 0 Å². The van der Waals surface area contributed by atoms with E-state index in [1.54, 1.807) is 0 Å². The lowest BCUT2D eigenvalue weighted by Gasteiger charge is -2.20. The highest BCUT2D eigenvalue weighted by Crippen LogP contribution is 2.12. The van der Waals surface area contributed by atoms with E-state index in [9.17, 15) is 14.4 Å². The van der Waals surface area contributed by atoms with E-state index >= 15 is 0 Å². The van der Waals surface area contributed by atoms with Crippen molar-refractivity contribution in [3.63, 3.8) is 0 Å². The van der Waals surface area contributed by atoms with Crippen molar-refractivity contribution in [3.05, 3.63) is 0 Å². The Kier molecular flexibility index (Phi) is 8.06. The van der Waals surface area contributed by atoms with E-state index in [-0.39, 0.29) is 24.1 Å². The van der Waals surface area contributed by atoms with Crippen LogP contribution >= 0.6 is 0 Å². The fourth-order valence-electron chi connectivity index (χ4n) is 2.42. The monoisotopic (exact) mass is 325 g/mol. The molecule has 132 valence electrons. The van der Waals surface area contributed by atoms with Crippen LogP contribution in [0, 0.1) is 5.41 Å². The summed E-state index contributed by atoms with van der Waals surface area (Å²) in [6, 6.07) is 0. The number of hydrogen-bond acceptors (Lipinski definition) is 3. The SMILES string of the molecule is CC(C)(C)C(=O)NCCC(=O)NCCCN1CCCCCC1=O. The van der Waals surface area contributed by atoms with Crippen molar-refractivity contribution >= 4 is 17.7 Å². The Balaban J connectivity index is 2.10. The fraction of sp³-hybridized carbons (Fsp3) is 0.824. The van der Waals surface area contributed by atoms with Gasteiger partial charge in [0.25, 0.3) is 0 Å². The molecule has 1 rings (SSSR count). The summed E-state index contributed by atoms with van der Waals surface area (Å²) < 4.78 is 0. The van der Waals surface area contributed by atoms with Gasteiger partial charge in [-0.05, 0) is 19.3 Å². The van der Waals surface area contributed by atoms with Crippen LogP contribution in [0.3, 0.4) is 0 Å². The molecule has 0 aliphatic carbocycles. The van der Waals surface area contributed by atoms with Crippen LogP contribution in [0.1, 0.15) is 59.3 Å². The Hall–Kier alpha value is -1.59. The molecule has 1 heterocycles. The van der Waals surface area contributed by atoms with Gasteiger partial charge < -0.3 is 15.5 Å². The summed E-state index contributed by atoms with van der Waals surface area (Å²) in [5.41, 5.74) is -0.434. The van der Waals surface area contributed by atoms with Crippen LogP contribution in [0.2, 0.25) is 0 Å². The molecule has 0 aromatic carbocycles. The second-order valence-electron chi connectivity index (χ2n) is 7.15. The number of hydrogen-bond donors (Lipinski definition) is 2. The average Bonchev–Trinajstić information content (AvgIpc) is 2.67. The standard InChI is InChI=1S/C17H31N3O3/c1-17(2,3)16(23)19-11-9-14(21)18-10-7-13-20-12-6-4-5-8-15(20)22/h4-13H2,1-3H3,(H,18,21)(H,19,23). The van der Waals surface area contributed by atoms with Gasteiger partial charge >= 0.3 is 0 Å². The molecule has 0 radical (unpaired) electrons. The van der Waals surface area contributed by atoms with E-state index in [1.165, 1.54) is 0 Å². The molecule has 2 N–H and O–H groups in total. The summed E-state index contributed by atoms with van der Waals surface area (Å²) >= 11 is 0. The summed E-state index contributed by atoms with van der Waals surface area (Å²) in [5.74, 6) is 0.116. The first-order valence-corrected chi connectivity index (χ1v) is 8.63. The van der Waals surface area contributed by atoms with Crippen molar-refractivity contribution in [2.45, 2.75) is 59.3 Å². The molecule has 6 nitrogen and oxygen atoms in total. The van der Waals surface area contributed by atoms with Gasteiger partial charge in [-0.3, -0.25) is 14.4 Å². The highest BCUT2D eigenvalue weighted by atomic mass is 16.2. The van der Waals surface area contributed by atoms with Crippen LogP contribution in [0.4, 0.5) is 0 Å². The summed E-state index contributed by atoms with van der Waals surface area (Å²) in [6.07, 6.45) is 4.90. The quantitative estimate of drug-likeness (QED) is 0.695. The molecule has 1 aliphatic rings. The van der Waals surface area contributed by atoms with Gasteiger partial charge in [-0.15, -0.1) is 0 Å². The lowest BCUT2D eigenvalue weighted by Crippen LogP contribution is -2.38. The van der Waals surface area contributed by atoms with Crippen molar-refractivity contribution in [2.24, 2.45) is 5.41 Å². The second kappa shape index (κ2) is 9.53. The van der Waals surface area contributed by atoms with Crippen molar-refractivity contribution in [1.82, 2.24) is 15.5 Å². The molecular weight excluding hydrogens is 294 g/mol. The first-order chi connectivity index (χ1) is 10.8. The van der Waals surface area contributed by atoms with Gasteiger partial charge in [0.1, 0.15) is 0 Å². The smallest absolute Gasteiger partial charge is 0.225 e. The van der Waals surface area contributed by atoms with E-state index in [0.29, 0.717) is 26.1 Å². The molecule has 0 atom stereocenters. The Morgan fingerprint density at radius 1 is 1.09 bits per heavy atom. The molecule has 0 spiro atoms. The molecule has 0 aromatic heterocycles. The Bertz CT molecular complexity index is 416. The molecule has 6 heteroatoms. The van der Waals surface area contributed by atoms with Crippen LogP contribution in [-0.2, 0) is 14.4 Å². The summed E-state index contributed by atoms with van der Waals surface area (Å²) in [4.78, 5) is 37.1. The topological polar surface area (TPSA) is 78.5 Å². The minimum absolute atomic E-state index is 0.0509. The molecule has 23 heavy (non-hydrogen) atoms. The summed E-state index contributed by atoms with van der Waals surface area (Å²) in [7, 11) is 0. The van der Waals surface area contributed by atoms with Crippen LogP contribution in [-0.4, -0.2) is 48.8 Å². The first-order valence-electron chi connectivity index (χ1n) is 8.63. The predicted octanol–water partition coefficient (Wildman–Crippen LogP) is 1.45. The van der Waals surface area contributed by atoms with Crippen LogP contribution in [0.5, 0.6) is 0 Å². The largest absolute Gasteiger partial charge is 0.356 e. The number of amides is 3. The van der Waals surface area contributed by atoms with E-state index in [1.807, 2.05) is 25.7 Å².